The maximum atomic E-state index is 10.4. The van der Waals surface area contributed by atoms with E-state index in [-0.39, 0.29) is 17.3 Å². The maximum absolute atomic E-state index is 10.4. The van der Waals surface area contributed by atoms with Crippen molar-refractivity contribution in [3.8, 4) is 17.6 Å². The van der Waals surface area contributed by atoms with Crippen molar-refractivity contribution in [2.75, 3.05) is 13.6 Å². The van der Waals surface area contributed by atoms with Gasteiger partial charge in [-0.3, -0.25) is 0 Å². The highest BCUT2D eigenvalue weighted by molar-refractivity contribution is 5.61. The minimum atomic E-state index is -0.594. The summed E-state index contributed by atoms with van der Waals surface area (Å²) in [7, 11) is 2.19. The molecule has 0 saturated carbocycles. The summed E-state index contributed by atoms with van der Waals surface area (Å²) in [5.74, 6) is 1.19. The number of phenols is 1. The summed E-state index contributed by atoms with van der Waals surface area (Å²) in [5, 5.41) is 28.0. The molecule has 5 rings (SSSR count). The van der Waals surface area contributed by atoms with Gasteiger partial charge in [-0.15, -0.1) is 0 Å². The van der Waals surface area contributed by atoms with Crippen molar-refractivity contribution in [2.45, 2.75) is 43.4 Å². The lowest BCUT2D eigenvalue weighted by molar-refractivity contribution is -0.0453. The molecule has 0 amide bonds. The lowest BCUT2D eigenvalue weighted by atomic mass is 9.53. The van der Waals surface area contributed by atoms with E-state index in [1.165, 1.54) is 18.1 Å². The van der Waals surface area contributed by atoms with Crippen molar-refractivity contribution in [3.63, 3.8) is 0 Å². The Labute approximate surface area is 141 Å². The number of ether oxygens (including phenoxy) is 1. The Kier molecular flexibility index (Phi) is 3.38. The van der Waals surface area contributed by atoms with Gasteiger partial charge in [-0.05, 0) is 38.1 Å². The number of rotatable bonds is 0. The molecule has 1 aromatic carbocycles. The second kappa shape index (κ2) is 5.23. The molecule has 1 fully saturated rings. The van der Waals surface area contributed by atoms with Crippen molar-refractivity contribution in [1.82, 2.24) is 4.90 Å². The number of piperidine rings is 1. The molecule has 24 heavy (non-hydrogen) atoms. The molecule has 1 saturated heterocycles. The summed E-state index contributed by atoms with van der Waals surface area (Å²) in [6, 6.07) is 5.98. The van der Waals surface area contributed by atoms with Gasteiger partial charge in [0.15, 0.2) is 11.5 Å². The Balaban J connectivity index is 0.000000455. The Morgan fingerprint density at radius 1 is 1.38 bits per heavy atom. The normalized spacial score (nSPS) is 37.6. The zero-order valence-corrected chi connectivity index (χ0v) is 13.9. The summed E-state index contributed by atoms with van der Waals surface area (Å²) in [6.07, 6.45) is 5.18. The highest BCUT2D eigenvalue weighted by Crippen LogP contribution is 2.62. The third-order valence-corrected chi connectivity index (χ3v) is 6.15. The number of likely N-dealkylation sites (tertiary alicyclic amines) is 1. The van der Waals surface area contributed by atoms with Crippen LogP contribution >= 0.6 is 0 Å². The van der Waals surface area contributed by atoms with E-state index in [1.807, 2.05) is 12.1 Å². The summed E-state index contributed by atoms with van der Waals surface area (Å²) in [6.45, 7) is 2.44. The van der Waals surface area contributed by atoms with Crippen LogP contribution in [0.5, 0.6) is 11.5 Å². The average molecular weight is 326 g/mol. The molecule has 2 heterocycles. The number of aliphatic hydroxyl groups is 1. The number of nitriles is 1. The molecule has 4 aliphatic rings. The molecule has 1 spiro atoms. The van der Waals surface area contributed by atoms with Crippen molar-refractivity contribution in [3.05, 3.63) is 35.4 Å². The molecule has 2 N–H and O–H groups in total. The van der Waals surface area contributed by atoms with Gasteiger partial charge in [-0.2, -0.15) is 5.26 Å². The van der Waals surface area contributed by atoms with Gasteiger partial charge < -0.3 is 19.8 Å². The summed E-state index contributed by atoms with van der Waals surface area (Å²) in [4.78, 5) is 2.43. The largest absolute Gasteiger partial charge is 0.504 e. The quantitative estimate of drug-likeness (QED) is 0.710. The Bertz CT molecular complexity index is 754. The van der Waals surface area contributed by atoms with Crippen LogP contribution in [0.3, 0.4) is 0 Å². The fourth-order valence-electron chi connectivity index (χ4n) is 5.24. The van der Waals surface area contributed by atoms with E-state index in [9.17, 15) is 10.2 Å². The number of aromatic hydroxyl groups is 1. The number of phenolic OH excluding ortho intramolecular Hbond substituents is 1. The highest BCUT2D eigenvalue weighted by Gasteiger charge is 2.64. The molecule has 2 aliphatic heterocycles. The SMILES string of the molecule is CC#N.CN1CC[C@]23c4c5ccc(O)c4O[C@H]2[C@@H](O)C=C[C@H]3[C@H]1C5. The van der Waals surface area contributed by atoms with E-state index in [4.69, 9.17) is 10.00 Å². The Morgan fingerprint density at radius 3 is 2.88 bits per heavy atom. The standard InChI is InChI=1S/C17H19NO3.C2H3N/c1-18-7-6-17-10-3-5-13(20)16(17)21-15-12(19)4-2-9(14(15)17)8-11(10)18;1-2-3/h2-5,10-11,13,16,19-20H,6-8H2,1H3;1H3/t10-,11+,13-,16-,17-;/m0./s1. The van der Waals surface area contributed by atoms with Gasteiger partial charge in [0.2, 0.25) is 0 Å². The molecule has 5 nitrogen and oxygen atoms in total. The Morgan fingerprint density at radius 2 is 2.12 bits per heavy atom. The number of hydrogen-bond donors (Lipinski definition) is 2. The predicted molar refractivity (Wildman–Crippen MR) is 88.9 cm³/mol. The number of likely N-dealkylation sites (N-methyl/N-ethyl adjacent to an activating group) is 1. The van der Waals surface area contributed by atoms with E-state index < -0.39 is 6.10 Å². The van der Waals surface area contributed by atoms with E-state index in [2.05, 4.69) is 18.0 Å². The smallest absolute Gasteiger partial charge is 0.165 e. The number of nitrogens with zero attached hydrogens (tertiary/aromatic N) is 2. The molecule has 0 radical (unpaired) electrons. The van der Waals surface area contributed by atoms with Crippen molar-refractivity contribution in [1.29, 1.82) is 5.26 Å². The highest BCUT2D eigenvalue weighted by atomic mass is 16.5. The molecular formula is C19H22N2O3. The van der Waals surface area contributed by atoms with Gasteiger partial charge in [-0.1, -0.05) is 18.2 Å². The first-order valence-corrected chi connectivity index (χ1v) is 8.44. The zero-order chi connectivity index (χ0) is 17.1. The van der Waals surface area contributed by atoms with Crippen LogP contribution in [0.4, 0.5) is 0 Å². The summed E-state index contributed by atoms with van der Waals surface area (Å²) in [5.41, 5.74) is 2.29. The van der Waals surface area contributed by atoms with Crippen LogP contribution in [0.15, 0.2) is 24.3 Å². The summed E-state index contributed by atoms with van der Waals surface area (Å²) < 4.78 is 6.09. The van der Waals surface area contributed by atoms with Crippen LogP contribution in [-0.4, -0.2) is 47.0 Å². The van der Waals surface area contributed by atoms with Gasteiger partial charge in [-0.25, -0.2) is 0 Å². The van der Waals surface area contributed by atoms with Crippen molar-refractivity contribution < 1.29 is 14.9 Å². The van der Waals surface area contributed by atoms with Crippen LogP contribution < -0.4 is 4.74 Å². The van der Waals surface area contributed by atoms with Crippen molar-refractivity contribution >= 4 is 0 Å². The van der Waals surface area contributed by atoms with Crippen LogP contribution in [0, 0.1) is 17.2 Å². The first-order valence-electron chi connectivity index (χ1n) is 8.44. The van der Waals surface area contributed by atoms with E-state index >= 15 is 0 Å². The van der Waals surface area contributed by atoms with E-state index in [1.54, 1.807) is 12.1 Å². The number of aliphatic hydroxyl groups excluding tert-OH is 1. The van der Waals surface area contributed by atoms with Crippen molar-refractivity contribution in [2.24, 2.45) is 5.92 Å². The first-order chi connectivity index (χ1) is 11.5. The van der Waals surface area contributed by atoms with Gasteiger partial charge in [0.05, 0.1) is 6.07 Å². The molecule has 2 aliphatic carbocycles. The maximum Gasteiger partial charge on any atom is 0.165 e. The topological polar surface area (TPSA) is 76.7 Å². The third-order valence-electron chi connectivity index (χ3n) is 6.15. The minimum Gasteiger partial charge on any atom is -0.504 e. The molecule has 2 bridgehead atoms. The van der Waals surface area contributed by atoms with Crippen LogP contribution in [0.1, 0.15) is 24.5 Å². The molecule has 126 valence electrons. The number of hydrogen-bond acceptors (Lipinski definition) is 5. The van der Waals surface area contributed by atoms with Gasteiger partial charge in [0.1, 0.15) is 12.2 Å². The third kappa shape index (κ3) is 1.76. The second-order valence-corrected chi connectivity index (χ2v) is 7.15. The molecular weight excluding hydrogens is 304 g/mol. The van der Waals surface area contributed by atoms with E-state index in [0.29, 0.717) is 17.7 Å². The lowest BCUT2D eigenvalue weighted by Crippen LogP contribution is -2.64. The van der Waals surface area contributed by atoms with E-state index in [0.717, 1.165) is 19.4 Å². The van der Waals surface area contributed by atoms with Gasteiger partial charge in [0, 0.05) is 29.9 Å². The molecule has 0 unspecified atom stereocenters. The van der Waals surface area contributed by atoms with Gasteiger partial charge in [0.25, 0.3) is 0 Å². The van der Waals surface area contributed by atoms with Crippen LogP contribution in [0.2, 0.25) is 0 Å². The first kappa shape index (κ1) is 15.5. The van der Waals surface area contributed by atoms with Crippen LogP contribution in [0.25, 0.3) is 0 Å². The van der Waals surface area contributed by atoms with Gasteiger partial charge >= 0.3 is 0 Å². The predicted octanol–water partition coefficient (Wildman–Crippen LogP) is 1.73. The molecule has 1 aromatic rings. The molecule has 5 heteroatoms. The second-order valence-electron chi connectivity index (χ2n) is 7.15. The average Bonchev–Trinajstić information content (AvgIpc) is 2.91. The molecule has 5 atom stereocenters. The fourth-order valence-corrected chi connectivity index (χ4v) is 5.24. The zero-order valence-electron chi connectivity index (χ0n) is 13.9. The minimum absolute atomic E-state index is 0.160. The molecule has 0 aromatic heterocycles. The number of benzene rings is 1. The van der Waals surface area contributed by atoms with Crippen LogP contribution in [-0.2, 0) is 11.8 Å². The summed E-state index contributed by atoms with van der Waals surface area (Å²) >= 11 is 0. The monoisotopic (exact) mass is 326 g/mol. The Hall–Kier alpha value is -2.03. The fraction of sp³-hybridized carbons (Fsp3) is 0.526. The lowest BCUT2D eigenvalue weighted by Gasteiger charge is -2.56.